The highest BCUT2D eigenvalue weighted by Gasteiger charge is 2.07. The molecule has 1 aliphatic heterocycles. The number of hydrogen-bond donors (Lipinski definition) is 1. The van der Waals surface area contributed by atoms with Crippen LogP contribution in [0.2, 0.25) is 0 Å². The van der Waals surface area contributed by atoms with Crippen molar-refractivity contribution in [2.45, 2.75) is 25.7 Å². The van der Waals surface area contributed by atoms with Crippen LogP contribution in [0.15, 0.2) is 0 Å². The molecule has 1 heterocycles. The Morgan fingerprint density at radius 3 is 2.31 bits per heavy atom. The maximum absolute atomic E-state index is 5.36. The average molecular weight is 186 g/mol. The number of rotatable bonds is 5. The Hall–Kier alpha value is -0.120. The number of nitrogens with zero attached hydrogens (tertiary/aromatic N) is 1. The van der Waals surface area contributed by atoms with Crippen molar-refractivity contribution < 1.29 is 4.74 Å². The van der Waals surface area contributed by atoms with Crippen molar-refractivity contribution in [2.75, 3.05) is 39.4 Å². The summed E-state index contributed by atoms with van der Waals surface area (Å²) in [5.74, 6) is 0. The second-order valence-corrected chi connectivity index (χ2v) is 3.66. The summed E-state index contributed by atoms with van der Waals surface area (Å²) in [6.07, 6.45) is 5.52. The van der Waals surface area contributed by atoms with Gasteiger partial charge in [0.15, 0.2) is 0 Å². The van der Waals surface area contributed by atoms with Crippen LogP contribution in [0.3, 0.4) is 0 Å². The maximum Gasteiger partial charge on any atom is 0.0594 e. The highest BCUT2D eigenvalue weighted by molar-refractivity contribution is 4.62. The molecule has 0 aromatic rings. The molecule has 0 spiro atoms. The second kappa shape index (κ2) is 7.30. The quantitative estimate of drug-likeness (QED) is 0.647. The van der Waals surface area contributed by atoms with Gasteiger partial charge < -0.3 is 15.4 Å². The second-order valence-electron chi connectivity index (χ2n) is 3.66. The first kappa shape index (κ1) is 11.0. The zero-order valence-electron chi connectivity index (χ0n) is 8.50. The van der Waals surface area contributed by atoms with Gasteiger partial charge >= 0.3 is 0 Å². The van der Waals surface area contributed by atoms with E-state index in [1.54, 1.807) is 0 Å². The summed E-state index contributed by atoms with van der Waals surface area (Å²) in [5, 5.41) is 0. The molecule has 0 atom stereocenters. The molecule has 1 saturated heterocycles. The minimum Gasteiger partial charge on any atom is -0.379 e. The molecule has 1 rings (SSSR count). The van der Waals surface area contributed by atoms with E-state index in [0.717, 1.165) is 13.2 Å². The predicted molar refractivity (Wildman–Crippen MR) is 54.8 cm³/mol. The molecule has 0 saturated carbocycles. The molecule has 13 heavy (non-hydrogen) atoms. The fourth-order valence-corrected chi connectivity index (χ4v) is 1.74. The van der Waals surface area contributed by atoms with Gasteiger partial charge in [-0.3, -0.25) is 0 Å². The van der Waals surface area contributed by atoms with Crippen LogP contribution in [0.4, 0.5) is 0 Å². The Labute approximate surface area is 81.2 Å². The summed E-state index contributed by atoms with van der Waals surface area (Å²) < 4.78 is 5.36. The molecule has 1 fully saturated rings. The lowest BCUT2D eigenvalue weighted by Crippen LogP contribution is -2.29. The van der Waals surface area contributed by atoms with Gasteiger partial charge in [-0.1, -0.05) is 12.8 Å². The van der Waals surface area contributed by atoms with Crippen molar-refractivity contribution in [3.63, 3.8) is 0 Å². The van der Waals surface area contributed by atoms with Crippen LogP contribution in [0.25, 0.3) is 0 Å². The van der Waals surface area contributed by atoms with E-state index in [1.165, 1.54) is 38.8 Å². The first-order valence-corrected chi connectivity index (χ1v) is 5.43. The first-order valence-electron chi connectivity index (χ1n) is 5.43. The number of nitrogens with two attached hydrogens (primary N) is 1. The molecule has 0 aromatic heterocycles. The third kappa shape index (κ3) is 5.24. The van der Waals surface area contributed by atoms with Crippen molar-refractivity contribution in [1.82, 2.24) is 4.90 Å². The standard InChI is InChI=1S/C10H22N2O/c11-5-9-13-10-8-12-6-3-1-2-4-7-12/h1-11H2. The van der Waals surface area contributed by atoms with Gasteiger partial charge in [-0.2, -0.15) is 0 Å². The fraction of sp³-hybridized carbons (Fsp3) is 1.00. The SMILES string of the molecule is NCCOCCN1CCCCCC1. The summed E-state index contributed by atoms with van der Waals surface area (Å²) in [6.45, 7) is 5.78. The molecule has 0 unspecified atom stereocenters. The van der Waals surface area contributed by atoms with Gasteiger partial charge in [0.25, 0.3) is 0 Å². The molecule has 3 nitrogen and oxygen atoms in total. The molecule has 0 radical (unpaired) electrons. The van der Waals surface area contributed by atoms with Crippen LogP contribution in [0.5, 0.6) is 0 Å². The molecule has 3 heteroatoms. The third-order valence-corrected chi connectivity index (χ3v) is 2.51. The summed E-state index contributed by atoms with van der Waals surface area (Å²) in [6, 6.07) is 0. The smallest absolute Gasteiger partial charge is 0.0594 e. The Bertz CT molecular complexity index is 111. The van der Waals surface area contributed by atoms with E-state index in [1.807, 2.05) is 0 Å². The largest absolute Gasteiger partial charge is 0.379 e. The lowest BCUT2D eigenvalue weighted by atomic mass is 10.2. The van der Waals surface area contributed by atoms with Gasteiger partial charge in [0.1, 0.15) is 0 Å². The predicted octanol–water partition coefficient (Wildman–Crippen LogP) is 0.838. The monoisotopic (exact) mass is 186 g/mol. The van der Waals surface area contributed by atoms with Crippen LogP contribution in [-0.2, 0) is 4.74 Å². The molecule has 0 amide bonds. The van der Waals surface area contributed by atoms with Crippen molar-refractivity contribution >= 4 is 0 Å². The molecule has 2 N–H and O–H groups in total. The van der Waals surface area contributed by atoms with Crippen molar-refractivity contribution in [2.24, 2.45) is 5.73 Å². The van der Waals surface area contributed by atoms with E-state index in [9.17, 15) is 0 Å². The normalized spacial score (nSPS) is 20.1. The molecule has 0 aliphatic carbocycles. The van der Waals surface area contributed by atoms with Crippen LogP contribution in [-0.4, -0.2) is 44.3 Å². The Morgan fingerprint density at radius 1 is 1.00 bits per heavy atom. The van der Waals surface area contributed by atoms with Crippen LogP contribution < -0.4 is 5.73 Å². The molecule has 78 valence electrons. The van der Waals surface area contributed by atoms with Crippen LogP contribution >= 0.6 is 0 Å². The number of likely N-dealkylation sites (tertiary alicyclic amines) is 1. The number of hydrogen-bond acceptors (Lipinski definition) is 3. The van der Waals surface area contributed by atoms with Gasteiger partial charge in [-0.05, 0) is 25.9 Å². The van der Waals surface area contributed by atoms with E-state index < -0.39 is 0 Å². The van der Waals surface area contributed by atoms with E-state index in [-0.39, 0.29) is 0 Å². The molecule has 0 aromatic carbocycles. The Balaban J connectivity index is 1.98. The minimum absolute atomic E-state index is 0.639. The number of ether oxygens (including phenoxy) is 1. The summed E-state index contributed by atoms with van der Waals surface area (Å²) in [4.78, 5) is 2.50. The lowest BCUT2D eigenvalue weighted by molar-refractivity contribution is 0.110. The zero-order valence-corrected chi connectivity index (χ0v) is 8.50. The first-order chi connectivity index (χ1) is 6.43. The van der Waals surface area contributed by atoms with E-state index in [2.05, 4.69) is 4.90 Å². The van der Waals surface area contributed by atoms with E-state index in [4.69, 9.17) is 10.5 Å². The summed E-state index contributed by atoms with van der Waals surface area (Å²) >= 11 is 0. The summed E-state index contributed by atoms with van der Waals surface area (Å²) in [5.41, 5.74) is 5.33. The fourth-order valence-electron chi connectivity index (χ4n) is 1.74. The highest BCUT2D eigenvalue weighted by Crippen LogP contribution is 2.08. The van der Waals surface area contributed by atoms with E-state index >= 15 is 0 Å². The molecule has 1 aliphatic rings. The van der Waals surface area contributed by atoms with Gasteiger partial charge in [0.2, 0.25) is 0 Å². The third-order valence-electron chi connectivity index (χ3n) is 2.51. The van der Waals surface area contributed by atoms with E-state index in [0.29, 0.717) is 13.2 Å². The molecular weight excluding hydrogens is 164 g/mol. The average Bonchev–Trinajstić information content (AvgIpc) is 2.41. The Kier molecular flexibility index (Phi) is 6.15. The zero-order chi connectivity index (χ0) is 9.36. The van der Waals surface area contributed by atoms with Gasteiger partial charge in [0.05, 0.1) is 13.2 Å². The molecule has 0 bridgehead atoms. The van der Waals surface area contributed by atoms with Crippen molar-refractivity contribution in [1.29, 1.82) is 0 Å². The van der Waals surface area contributed by atoms with Crippen LogP contribution in [0, 0.1) is 0 Å². The van der Waals surface area contributed by atoms with Crippen LogP contribution in [0.1, 0.15) is 25.7 Å². The van der Waals surface area contributed by atoms with Gasteiger partial charge in [-0.25, -0.2) is 0 Å². The van der Waals surface area contributed by atoms with Crippen molar-refractivity contribution in [3.8, 4) is 0 Å². The highest BCUT2D eigenvalue weighted by atomic mass is 16.5. The van der Waals surface area contributed by atoms with Crippen molar-refractivity contribution in [3.05, 3.63) is 0 Å². The lowest BCUT2D eigenvalue weighted by Gasteiger charge is -2.19. The summed E-state index contributed by atoms with van der Waals surface area (Å²) in [7, 11) is 0. The van der Waals surface area contributed by atoms with Gasteiger partial charge in [0, 0.05) is 13.1 Å². The maximum atomic E-state index is 5.36. The van der Waals surface area contributed by atoms with Gasteiger partial charge in [-0.15, -0.1) is 0 Å². The topological polar surface area (TPSA) is 38.5 Å². The Morgan fingerprint density at radius 2 is 1.69 bits per heavy atom. The molecular formula is C10H22N2O. The minimum atomic E-state index is 0.639.